The zero-order chi connectivity index (χ0) is 24.2. The molecule has 1 saturated heterocycles. The van der Waals surface area contributed by atoms with Gasteiger partial charge in [-0.05, 0) is 82.0 Å². The van der Waals surface area contributed by atoms with E-state index in [1.54, 1.807) is 23.6 Å². The highest BCUT2D eigenvalue weighted by molar-refractivity contribution is 7.14. The summed E-state index contributed by atoms with van der Waals surface area (Å²) in [6.07, 6.45) is 3.63. The molecule has 1 fully saturated rings. The Hall–Kier alpha value is -3.08. The van der Waals surface area contributed by atoms with E-state index in [4.69, 9.17) is 5.73 Å². The number of ketones is 1. The molecule has 9 nitrogen and oxygen atoms in total. The maximum Gasteiger partial charge on any atom is 0.352 e. The number of aryl methyl sites for hydroxylation is 1. The van der Waals surface area contributed by atoms with Gasteiger partial charge in [0.1, 0.15) is 11.4 Å². The van der Waals surface area contributed by atoms with Crippen LogP contribution in [0.15, 0.2) is 23.6 Å². The molecule has 1 aliphatic rings. The number of anilines is 1. The van der Waals surface area contributed by atoms with E-state index in [0.29, 0.717) is 64.6 Å². The molecule has 3 heterocycles. The van der Waals surface area contributed by atoms with E-state index in [2.05, 4.69) is 27.2 Å². The summed E-state index contributed by atoms with van der Waals surface area (Å²) in [6, 6.07) is 5.01. The molecule has 3 aromatic rings. The van der Waals surface area contributed by atoms with Crippen molar-refractivity contribution in [2.24, 2.45) is 11.7 Å². The average Bonchev–Trinajstić information content (AvgIpc) is 3.43. The molecule has 1 aliphatic heterocycles. The van der Waals surface area contributed by atoms with Crippen molar-refractivity contribution in [1.82, 2.24) is 14.9 Å². The molecule has 0 unspecified atom stereocenters. The maximum atomic E-state index is 12.9. The van der Waals surface area contributed by atoms with Gasteiger partial charge in [-0.1, -0.05) is 0 Å². The number of thiazole rings is 1. The van der Waals surface area contributed by atoms with Gasteiger partial charge in [-0.25, -0.2) is 9.78 Å². The third-order valence-electron chi connectivity index (χ3n) is 6.34. The molecule has 1 aromatic carbocycles. The Morgan fingerprint density at radius 2 is 2.06 bits per heavy atom. The number of aromatic carboxylic acids is 1. The zero-order valence-electron chi connectivity index (χ0n) is 19.1. The minimum atomic E-state index is -1.05. The summed E-state index contributed by atoms with van der Waals surface area (Å²) in [4.78, 5) is 46.7. The van der Waals surface area contributed by atoms with Gasteiger partial charge in [0.25, 0.3) is 5.91 Å². The summed E-state index contributed by atoms with van der Waals surface area (Å²) < 4.78 is 0. The average molecular weight is 484 g/mol. The first-order valence-electron chi connectivity index (χ1n) is 11.4. The number of fused-ring (bicyclic) bond motifs is 1. The molecule has 0 atom stereocenters. The van der Waals surface area contributed by atoms with E-state index in [1.165, 1.54) is 11.3 Å². The summed E-state index contributed by atoms with van der Waals surface area (Å²) in [5.74, 6) is -1.03. The van der Waals surface area contributed by atoms with E-state index in [1.807, 2.05) is 0 Å². The summed E-state index contributed by atoms with van der Waals surface area (Å²) in [6.45, 7) is 2.45. The molecule has 34 heavy (non-hydrogen) atoms. The number of carboxylic acid groups (broad SMARTS) is 1. The van der Waals surface area contributed by atoms with Crippen LogP contribution in [0.1, 0.15) is 62.6 Å². The van der Waals surface area contributed by atoms with Crippen LogP contribution in [-0.2, 0) is 6.42 Å². The van der Waals surface area contributed by atoms with Crippen molar-refractivity contribution in [3.63, 3.8) is 0 Å². The second kappa shape index (κ2) is 10.5. The van der Waals surface area contributed by atoms with Gasteiger partial charge in [-0.3, -0.25) is 14.9 Å². The second-order valence-electron chi connectivity index (χ2n) is 8.80. The van der Waals surface area contributed by atoms with Gasteiger partial charge in [0.05, 0.1) is 0 Å². The second-order valence-corrected chi connectivity index (χ2v) is 9.66. The van der Waals surface area contributed by atoms with Gasteiger partial charge >= 0.3 is 5.97 Å². The van der Waals surface area contributed by atoms with Crippen LogP contribution in [0.2, 0.25) is 0 Å². The van der Waals surface area contributed by atoms with Crippen LogP contribution in [-0.4, -0.2) is 64.3 Å². The number of nitrogens with two attached hydrogens (primary N) is 1. The lowest BCUT2D eigenvalue weighted by molar-refractivity contribution is 0.0689. The number of aromatic amines is 1. The molecule has 0 bridgehead atoms. The number of carboxylic acids is 1. The number of piperidine rings is 1. The summed E-state index contributed by atoms with van der Waals surface area (Å²) >= 11 is 1.22. The lowest BCUT2D eigenvalue weighted by Gasteiger charge is -2.28. The molecule has 0 radical (unpaired) electrons. The molecule has 0 aliphatic carbocycles. The van der Waals surface area contributed by atoms with Gasteiger partial charge in [-0.15, -0.1) is 11.3 Å². The van der Waals surface area contributed by atoms with Gasteiger partial charge in [-0.2, -0.15) is 0 Å². The number of carbonyl (C=O) groups is 3. The largest absolute Gasteiger partial charge is 0.477 e. The van der Waals surface area contributed by atoms with E-state index in [-0.39, 0.29) is 17.4 Å². The highest BCUT2D eigenvalue weighted by Gasteiger charge is 2.22. The first-order valence-corrected chi connectivity index (χ1v) is 12.3. The number of hydrogen-bond acceptors (Lipinski definition) is 7. The number of hydrogen-bond donors (Lipinski definition) is 4. The molecule has 10 heteroatoms. The Morgan fingerprint density at radius 3 is 2.76 bits per heavy atom. The summed E-state index contributed by atoms with van der Waals surface area (Å²) in [5.41, 5.74) is 7.78. The van der Waals surface area contributed by atoms with Gasteiger partial charge in [0, 0.05) is 28.3 Å². The first-order chi connectivity index (χ1) is 16.4. The highest BCUT2D eigenvalue weighted by atomic mass is 32.1. The van der Waals surface area contributed by atoms with Gasteiger partial charge in [0.2, 0.25) is 0 Å². The van der Waals surface area contributed by atoms with E-state index < -0.39 is 5.97 Å². The number of nitrogens with zero attached hydrogens (tertiary/aromatic N) is 2. The Morgan fingerprint density at radius 1 is 1.29 bits per heavy atom. The molecular formula is C24H29N5O4S. The van der Waals surface area contributed by atoms with Crippen LogP contribution in [0.4, 0.5) is 5.13 Å². The number of rotatable bonds is 9. The van der Waals surface area contributed by atoms with Crippen molar-refractivity contribution in [3.05, 3.63) is 46.1 Å². The number of likely N-dealkylation sites (tertiary alicyclic amines) is 1. The van der Waals surface area contributed by atoms with Crippen LogP contribution in [0, 0.1) is 5.92 Å². The number of nitrogens with one attached hydrogen (secondary N) is 2. The van der Waals surface area contributed by atoms with Crippen molar-refractivity contribution in [1.29, 1.82) is 0 Å². The minimum Gasteiger partial charge on any atom is -0.477 e. The van der Waals surface area contributed by atoms with Gasteiger partial charge < -0.3 is 20.7 Å². The molecule has 2 aromatic heterocycles. The molecule has 180 valence electrons. The lowest BCUT2D eigenvalue weighted by Crippen LogP contribution is -2.31. The first kappa shape index (κ1) is 24.1. The highest BCUT2D eigenvalue weighted by Crippen LogP contribution is 2.27. The Balaban J connectivity index is 1.46. The van der Waals surface area contributed by atoms with Gasteiger partial charge in [0.15, 0.2) is 10.9 Å². The smallest absolute Gasteiger partial charge is 0.352 e. The molecule has 0 saturated carbocycles. The van der Waals surface area contributed by atoms with Crippen LogP contribution in [0.3, 0.4) is 0 Å². The molecular weight excluding hydrogens is 454 g/mol. The predicted octanol–water partition coefficient (Wildman–Crippen LogP) is 3.38. The number of aromatic nitrogens is 2. The van der Waals surface area contributed by atoms with Crippen molar-refractivity contribution in [2.75, 3.05) is 32.0 Å². The molecule has 1 amide bonds. The van der Waals surface area contributed by atoms with Crippen molar-refractivity contribution < 1.29 is 19.5 Å². The van der Waals surface area contributed by atoms with Crippen molar-refractivity contribution >= 4 is 45.0 Å². The maximum absolute atomic E-state index is 12.9. The fourth-order valence-corrected chi connectivity index (χ4v) is 5.08. The zero-order valence-corrected chi connectivity index (χ0v) is 19.9. The normalized spacial score (nSPS) is 15.0. The molecule has 4 rings (SSSR count). The lowest BCUT2D eigenvalue weighted by atomic mass is 9.91. The predicted molar refractivity (Wildman–Crippen MR) is 132 cm³/mol. The van der Waals surface area contributed by atoms with Crippen LogP contribution in [0.25, 0.3) is 10.9 Å². The number of carbonyl (C=O) groups excluding carboxylic acids is 2. The number of benzene rings is 1. The monoisotopic (exact) mass is 483 g/mol. The number of Topliss-reactive ketones (excluding diaryl/α,β-unsaturated/α-hetero) is 1. The Labute approximate surface area is 201 Å². The number of amides is 1. The fraction of sp³-hybridized carbons (Fsp3) is 0.417. The topological polar surface area (TPSA) is 141 Å². The van der Waals surface area contributed by atoms with Crippen LogP contribution in [0.5, 0.6) is 0 Å². The molecule has 0 spiro atoms. The third-order valence-corrected chi connectivity index (χ3v) is 7.09. The van der Waals surface area contributed by atoms with Crippen molar-refractivity contribution in [2.45, 2.75) is 32.1 Å². The van der Waals surface area contributed by atoms with E-state index in [0.717, 1.165) is 25.9 Å². The third kappa shape index (κ3) is 5.35. The Bertz CT molecular complexity index is 1210. The minimum absolute atomic E-state index is 0.00536. The fourth-order valence-electron chi connectivity index (χ4n) is 4.37. The summed E-state index contributed by atoms with van der Waals surface area (Å²) in [7, 11) is 2.09. The standard InChI is InChI=1S/C24H29N5O4S/c1-29-9-6-14(7-10-29)11-20(30)19-13-34-24(27-19)28-22(31)15-4-5-18-17(12-15)16(3-2-8-25)21(26-18)23(32)33/h4-5,12-14,26H,2-3,6-11,25H2,1H3,(H,32,33)(H,27,28,31). The van der Waals surface area contributed by atoms with Crippen LogP contribution < -0.4 is 11.1 Å². The SMILES string of the molecule is CN1CCC(CC(=O)c2csc(NC(=O)c3ccc4[nH]c(C(=O)O)c(CCCN)c4c3)n2)CC1. The van der Waals surface area contributed by atoms with E-state index in [9.17, 15) is 19.5 Å². The molecule has 5 N–H and O–H groups in total. The number of H-pyrrole nitrogens is 1. The van der Waals surface area contributed by atoms with Crippen LogP contribution >= 0.6 is 11.3 Å². The van der Waals surface area contributed by atoms with E-state index >= 15 is 0 Å². The Kier molecular flexibility index (Phi) is 7.40. The quantitative estimate of drug-likeness (QED) is 0.342. The van der Waals surface area contributed by atoms with Crippen molar-refractivity contribution in [3.8, 4) is 0 Å². The summed E-state index contributed by atoms with van der Waals surface area (Å²) in [5, 5.41) is 15.0.